The van der Waals surface area contributed by atoms with E-state index in [0.717, 1.165) is 18.4 Å². The quantitative estimate of drug-likeness (QED) is 0.869. The van der Waals surface area contributed by atoms with E-state index in [1.165, 1.54) is 12.1 Å². The van der Waals surface area contributed by atoms with Gasteiger partial charge in [-0.15, -0.1) is 0 Å². The highest BCUT2D eigenvalue weighted by Crippen LogP contribution is 2.27. The molecule has 1 N–H and O–H groups in total. The van der Waals surface area contributed by atoms with Crippen LogP contribution in [0.25, 0.3) is 0 Å². The average Bonchev–Trinajstić information content (AvgIpc) is 2.35. The molecule has 2 rings (SSSR count). The van der Waals surface area contributed by atoms with E-state index in [9.17, 15) is 13.2 Å². The van der Waals surface area contributed by atoms with Gasteiger partial charge in [0.2, 0.25) is 0 Å². The minimum atomic E-state index is -3.82. The highest BCUT2D eigenvalue weighted by Gasteiger charge is 2.27. The molecule has 110 valence electrons. The predicted octanol–water partition coefficient (Wildman–Crippen LogP) is 2.70. The van der Waals surface area contributed by atoms with Gasteiger partial charge in [0.15, 0.2) is 0 Å². The fourth-order valence-corrected chi connectivity index (χ4v) is 3.29. The summed E-state index contributed by atoms with van der Waals surface area (Å²) >= 11 is 0. The van der Waals surface area contributed by atoms with Gasteiger partial charge in [-0.1, -0.05) is 19.9 Å². The van der Waals surface area contributed by atoms with Gasteiger partial charge in [-0.25, -0.2) is 8.42 Å². The van der Waals surface area contributed by atoms with Gasteiger partial charge in [-0.3, -0.25) is 4.79 Å². The van der Waals surface area contributed by atoms with Crippen LogP contribution in [0.5, 0.6) is 0 Å². The molecule has 0 bridgehead atoms. The van der Waals surface area contributed by atoms with Gasteiger partial charge in [0.05, 0.1) is 4.90 Å². The van der Waals surface area contributed by atoms with E-state index in [4.69, 9.17) is 10.7 Å². The number of halogens is 1. The van der Waals surface area contributed by atoms with Crippen LogP contribution in [0.1, 0.15) is 42.6 Å². The number of nitrogens with one attached hydrogen (secondary N) is 1. The highest BCUT2D eigenvalue weighted by atomic mass is 35.7. The lowest BCUT2D eigenvalue weighted by atomic mass is 9.82. The number of hydrogen-bond donors (Lipinski definition) is 1. The first kappa shape index (κ1) is 15.3. The van der Waals surface area contributed by atoms with Crippen molar-refractivity contribution in [2.24, 2.45) is 5.92 Å². The standard InChI is InChI=1S/C14H18ClNO3S/c1-3-10-4-5-12(20(15,18)19)8-13(10)14(17)16-11-6-9(2)7-11/h4-5,8-9,11H,3,6-7H2,1-2H3,(H,16,17). The summed E-state index contributed by atoms with van der Waals surface area (Å²) < 4.78 is 22.7. The second-order valence-corrected chi connectivity index (χ2v) is 7.92. The van der Waals surface area contributed by atoms with Crippen LogP contribution in [0, 0.1) is 5.92 Å². The molecular formula is C14H18ClNO3S. The molecule has 1 aromatic carbocycles. The van der Waals surface area contributed by atoms with Crippen LogP contribution in [0.3, 0.4) is 0 Å². The molecule has 1 aliphatic rings. The summed E-state index contributed by atoms with van der Waals surface area (Å²) in [5.74, 6) is 0.418. The molecule has 0 saturated heterocycles. The molecule has 0 radical (unpaired) electrons. The summed E-state index contributed by atoms with van der Waals surface area (Å²) in [5, 5.41) is 2.94. The third kappa shape index (κ3) is 3.33. The summed E-state index contributed by atoms with van der Waals surface area (Å²) in [6.07, 6.45) is 2.60. The Morgan fingerprint density at radius 2 is 2.05 bits per heavy atom. The first-order valence-electron chi connectivity index (χ1n) is 6.69. The molecule has 1 saturated carbocycles. The van der Waals surface area contributed by atoms with Crippen molar-refractivity contribution in [2.75, 3.05) is 0 Å². The number of aryl methyl sites for hydroxylation is 1. The van der Waals surface area contributed by atoms with Crippen molar-refractivity contribution < 1.29 is 13.2 Å². The number of carbonyl (C=O) groups is 1. The summed E-state index contributed by atoms with van der Waals surface area (Å²) in [5.41, 5.74) is 1.22. The molecular weight excluding hydrogens is 298 g/mol. The minimum Gasteiger partial charge on any atom is -0.349 e. The van der Waals surface area contributed by atoms with Gasteiger partial charge in [-0.2, -0.15) is 0 Å². The molecule has 1 fully saturated rings. The van der Waals surface area contributed by atoms with Crippen molar-refractivity contribution in [3.05, 3.63) is 29.3 Å². The van der Waals surface area contributed by atoms with Crippen molar-refractivity contribution in [3.63, 3.8) is 0 Å². The Hall–Kier alpha value is -1.07. The Labute approximate surface area is 123 Å². The van der Waals surface area contributed by atoms with Gasteiger partial charge in [0.25, 0.3) is 15.0 Å². The summed E-state index contributed by atoms with van der Waals surface area (Å²) in [4.78, 5) is 12.2. The fourth-order valence-electron chi connectivity index (χ4n) is 2.51. The Kier molecular flexibility index (Phi) is 4.39. The third-order valence-electron chi connectivity index (χ3n) is 3.70. The van der Waals surface area contributed by atoms with E-state index in [1.54, 1.807) is 6.07 Å². The summed E-state index contributed by atoms with van der Waals surface area (Å²) in [6, 6.07) is 4.63. The van der Waals surface area contributed by atoms with Crippen LogP contribution in [-0.4, -0.2) is 20.4 Å². The average molecular weight is 316 g/mol. The lowest BCUT2D eigenvalue weighted by Gasteiger charge is -2.33. The monoisotopic (exact) mass is 315 g/mol. The molecule has 1 amide bonds. The number of rotatable bonds is 4. The second-order valence-electron chi connectivity index (χ2n) is 5.36. The zero-order valence-electron chi connectivity index (χ0n) is 11.5. The van der Waals surface area contributed by atoms with E-state index < -0.39 is 9.05 Å². The maximum Gasteiger partial charge on any atom is 0.261 e. The largest absolute Gasteiger partial charge is 0.349 e. The Balaban J connectivity index is 2.26. The number of carbonyl (C=O) groups excluding carboxylic acids is 1. The molecule has 0 atom stereocenters. The van der Waals surface area contributed by atoms with Crippen LogP contribution in [0.2, 0.25) is 0 Å². The highest BCUT2D eigenvalue weighted by molar-refractivity contribution is 8.13. The van der Waals surface area contributed by atoms with Crippen molar-refractivity contribution >= 4 is 25.6 Å². The molecule has 6 heteroatoms. The zero-order chi connectivity index (χ0) is 14.9. The van der Waals surface area contributed by atoms with Crippen molar-refractivity contribution in [1.29, 1.82) is 0 Å². The zero-order valence-corrected chi connectivity index (χ0v) is 13.1. The lowest BCUT2D eigenvalue weighted by molar-refractivity contribution is 0.0895. The van der Waals surface area contributed by atoms with Gasteiger partial charge in [0.1, 0.15) is 0 Å². The molecule has 0 aromatic heterocycles. The molecule has 0 spiro atoms. The molecule has 0 aliphatic heterocycles. The van der Waals surface area contributed by atoms with E-state index in [2.05, 4.69) is 12.2 Å². The van der Waals surface area contributed by atoms with Gasteiger partial charge in [0, 0.05) is 22.3 Å². The van der Waals surface area contributed by atoms with Crippen LogP contribution < -0.4 is 5.32 Å². The number of benzene rings is 1. The van der Waals surface area contributed by atoms with E-state index in [1.807, 2.05) is 6.92 Å². The fraction of sp³-hybridized carbons (Fsp3) is 0.500. The molecule has 20 heavy (non-hydrogen) atoms. The normalized spacial score (nSPS) is 22.1. The van der Waals surface area contributed by atoms with Crippen LogP contribution in [0.15, 0.2) is 23.1 Å². The Morgan fingerprint density at radius 1 is 1.40 bits per heavy atom. The maximum atomic E-state index is 12.3. The topological polar surface area (TPSA) is 63.2 Å². The molecule has 1 aliphatic carbocycles. The first-order valence-corrected chi connectivity index (χ1v) is 9.00. The minimum absolute atomic E-state index is 0.0384. The summed E-state index contributed by atoms with van der Waals surface area (Å²) in [7, 11) is 1.51. The van der Waals surface area contributed by atoms with Gasteiger partial charge >= 0.3 is 0 Å². The predicted molar refractivity (Wildman–Crippen MR) is 78.5 cm³/mol. The van der Waals surface area contributed by atoms with Gasteiger partial charge < -0.3 is 5.32 Å². The second kappa shape index (κ2) is 5.74. The van der Waals surface area contributed by atoms with Crippen LogP contribution in [0.4, 0.5) is 0 Å². The molecule has 1 aromatic rings. The molecule has 4 nitrogen and oxygen atoms in total. The van der Waals surface area contributed by atoms with Crippen LogP contribution >= 0.6 is 10.7 Å². The van der Waals surface area contributed by atoms with Crippen molar-refractivity contribution in [3.8, 4) is 0 Å². The maximum absolute atomic E-state index is 12.3. The van der Waals surface area contributed by atoms with Crippen molar-refractivity contribution in [1.82, 2.24) is 5.32 Å². The van der Waals surface area contributed by atoms with E-state index >= 15 is 0 Å². The van der Waals surface area contributed by atoms with Gasteiger partial charge in [-0.05, 0) is 42.9 Å². The lowest BCUT2D eigenvalue weighted by Crippen LogP contribution is -2.43. The summed E-state index contributed by atoms with van der Waals surface area (Å²) in [6.45, 7) is 4.06. The van der Waals surface area contributed by atoms with Crippen LogP contribution in [-0.2, 0) is 15.5 Å². The van der Waals surface area contributed by atoms with Crippen molar-refractivity contribution in [2.45, 2.75) is 44.0 Å². The molecule has 0 unspecified atom stereocenters. The third-order valence-corrected chi connectivity index (χ3v) is 5.05. The Morgan fingerprint density at radius 3 is 2.55 bits per heavy atom. The van der Waals surface area contributed by atoms with E-state index in [-0.39, 0.29) is 16.8 Å². The van der Waals surface area contributed by atoms with E-state index in [0.29, 0.717) is 17.9 Å². The smallest absolute Gasteiger partial charge is 0.261 e. The SMILES string of the molecule is CCc1ccc(S(=O)(=O)Cl)cc1C(=O)NC1CC(C)C1. The Bertz CT molecular complexity index is 621. The number of amides is 1. The molecule has 0 heterocycles. The first-order chi connectivity index (χ1) is 9.31. The number of hydrogen-bond acceptors (Lipinski definition) is 3.